The van der Waals surface area contributed by atoms with Crippen LogP contribution in [0.2, 0.25) is 0 Å². The third-order valence-electron chi connectivity index (χ3n) is 3.46. The molecule has 0 atom stereocenters. The summed E-state index contributed by atoms with van der Waals surface area (Å²) in [5.74, 6) is 0. The van der Waals surface area contributed by atoms with Crippen molar-refractivity contribution in [2.24, 2.45) is 0 Å². The number of urea groups is 1. The Morgan fingerprint density at radius 3 is 1.76 bits per heavy atom. The van der Waals surface area contributed by atoms with Gasteiger partial charge in [0.1, 0.15) is 0 Å². The summed E-state index contributed by atoms with van der Waals surface area (Å²) in [4.78, 5) is 16.3. The molecule has 0 radical (unpaired) electrons. The number of amides is 2. The summed E-state index contributed by atoms with van der Waals surface area (Å²) in [6, 6.07) is 0.281. The molecule has 2 amide bonds. The van der Waals surface area contributed by atoms with E-state index >= 15 is 0 Å². The smallest absolute Gasteiger partial charge is 0.319 e. The van der Waals surface area contributed by atoms with Gasteiger partial charge < -0.3 is 9.80 Å². The summed E-state index contributed by atoms with van der Waals surface area (Å²) < 4.78 is 0. The van der Waals surface area contributed by atoms with E-state index < -0.39 is 0 Å². The maximum atomic E-state index is 12.2. The first-order valence-corrected chi connectivity index (χ1v) is 7.33. The molecule has 0 aromatic heterocycles. The number of carbonyl (C=O) groups is 1. The standard InChI is InChI=1S/C14H28N2O/c1-3-5-7-10-15-12-9-13-16(14(15)17)11-8-6-4-2/h3-13H2,1-2H3. The van der Waals surface area contributed by atoms with Crippen LogP contribution in [-0.4, -0.2) is 42.0 Å². The first-order chi connectivity index (χ1) is 8.29. The molecule has 0 spiro atoms. The second-order valence-corrected chi connectivity index (χ2v) is 5.02. The van der Waals surface area contributed by atoms with Crippen LogP contribution >= 0.6 is 0 Å². The molecule has 1 aliphatic heterocycles. The zero-order valence-electron chi connectivity index (χ0n) is 11.6. The molecule has 0 bridgehead atoms. The molecule has 17 heavy (non-hydrogen) atoms. The van der Waals surface area contributed by atoms with Crippen LogP contribution < -0.4 is 0 Å². The van der Waals surface area contributed by atoms with Crippen molar-refractivity contribution in [1.82, 2.24) is 9.80 Å². The van der Waals surface area contributed by atoms with Crippen LogP contribution in [0.4, 0.5) is 4.79 Å². The molecule has 1 rings (SSSR count). The van der Waals surface area contributed by atoms with Gasteiger partial charge in [0.05, 0.1) is 0 Å². The molecule has 1 heterocycles. The quantitative estimate of drug-likeness (QED) is 0.596. The molecule has 0 unspecified atom stereocenters. The number of hydrogen-bond donors (Lipinski definition) is 0. The van der Waals surface area contributed by atoms with E-state index in [0.29, 0.717) is 0 Å². The molecule has 1 aliphatic rings. The Balaban J connectivity index is 2.28. The van der Waals surface area contributed by atoms with Gasteiger partial charge >= 0.3 is 6.03 Å². The lowest BCUT2D eigenvalue weighted by molar-refractivity contribution is 0.128. The number of nitrogens with zero attached hydrogens (tertiary/aromatic N) is 2. The van der Waals surface area contributed by atoms with Crippen molar-refractivity contribution in [1.29, 1.82) is 0 Å². The summed E-state index contributed by atoms with van der Waals surface area (Å²) in [6.45, 7) is 8.25. The van der Waals surface area contributed by atoms with Gasteiger partial charge in [0, 0.05) is 26.2 Å². The normalized spacial score (nSPS) is 16.7. The minimum Gasteiger partial charge on any atom is -0.325 e. The first kappa shape index (κ1) is 14.3. The maximum Gasteiger partial charge on any atom is 0.319 e. The van der Waals surface area contributed by atoms with E-state index in [9.17, 15) is 4.79 Å². The van der Waals surface area contributed by atoms with Crippen LogP contribution in [-0.2, 0) is 0 Å². The van der Waals surface area contributed by atoms with Crippen molar-refractivity contribution < 1.29 is 4.79 Å². The van der Waals surface area contributed by atoms with E-state index in [0.717, 1.165) is 45.4 Å². The predicted molar refractivity (Wildman–Crippen MR) is 72.2 cm³/mol. The third kappa shape index (κ3) is 4.97. The first-order valence-electron chi connectivity index (χ1n) is 7.33. The average molecular weight is 240 g/mol. The molecular formula is C14H28N2O. The predicted octanol–water partition coefficient (Wildman–Crippen LogP) is 3.49. The van der Waals surface area contributed by atoms with Crippen molar-refractivity contribution in [2.45, 2.75) is 58.8 Å². The Labute approximate surface area is 106 Å². The molecule has 0 saturated carbocycles. The Morgan fingerprint density at radius 2 is 1.35 bits per heavy atom. The van der Waals surface area contributed by atoms with Crippen molar-refractivity contribution in [3.8, 4) is 0 Å². The minimum absolute atomic E-state index is 0.281. The van der Waals surface area contributed by atoms with Crippen molar-refractivity contribution >= 4 is 6.03 Å². The molecule has 0 aromatic carbocycles. The van der Waals surface area contributed by atoms with Crippen molar-refractivity contribution in [2.75, 3.05) is 26.2 Å². The number of rotatable bonds is 8. The number of unbranched alkanes of at least 4 members (excludes halogenated alkanes) is 4. The zero-order valence-corrected chi connectivity index (χ0v) is 11.6. The Kier molecular flexibility index (Phi) is 7.06. The summed E-state index contributed by atoms with van der Waals surface area (Å²) in [7, 11) is 0. The van der Waals surface area contributed by atoms with Crippen LogP contribution in [0.15, 0.2) is 0 Å². The molecule has 0 aliphatic carbocycles. The lowest BCUT2D eigenvalue weighted by atomic mass is 10.2. The minimum atomic E-state index is 0.281. The van der Waals surface area contributed by atoms with E-state index in [-0.39, 0.29) is 6.03 Å². The Bertz CT molecular complexity index is 198. The van der Waals surface area contributed by atoms with Gasteiger partial charge in [-0.3, -0.25) is 0 Å². The van der Waals surface area contributed by atoms with E-state index in [1.165, 1.54) is 25.7 Å². The fourth-order valence-electron chi connectivity index (χ4n) is 2.36. The molecule has 3 heteroatoms. The second-order valence-electron chi connectivity index (χ2n) is 5.02. The highest BCUT2D eigenvalue weighted by Gasteiger charge is 2.24. The highest BCUT2D eigenvalue weighted by Crippen LogP contribution is 2.12. The average Bonchev–Trinajstić information content (AvgIpc) is 2.34. The lowest BCUT2D eigenvalue weighted by Crippen LogP contribution is -2.49. The lowest BCUT2D eigenvalue weighted by Gasteiger charge is -2.35. The van der Waals surface area contributed by atoms with Gasteiger partial charge in [0.2, 0.25) is 0 Å². The summed E-state index contributed by atoms with van der Waals surface area (Å²) in [6.07, 6.45) is 8.38. The van der Waals surface area contributed by atoms with Gasteiger partial charge in [-0.1, -0.05) is 39.5 Å². The van der Waals surface area contributed by atoms with Crippen LogP contribution in [0.1, 0.15) is 58.8 Å². The SMILES string of the molecule is CCCCCN1CCCN(CCCCC)C1=O. The van der Waals surface area contributed by atoms with E-state index in [1.807, 2.05) is 9.80 Å². The van der Waals surface area contributed by atoms with E-state index in [1.54, 1.807) is 0 Å². The highest BCUT2D eigenvalue weighted by molar-refractivity contribution is 5.75. The number of hydrogen-bond acceptors (Lipinski definition) is 1. The van der Waals surface area contributed by atoms with Gasteiger partial charge in [-0.05, 0) is 19.3 Å². The maximum absolute atomic E-state index is 12.2. The van der Waals surface area contributed by atoms with Gasteiger partial charge in [-0.25, -0.2) is 4.79 Å². The van der Waals surface area contributed by atoms with Crippen LogP contribution in [0.5, 0.6) is 0 Å². The van der Waals surface area contributed by atoms with E-state index in [2.05, 4.69) is 13.8 Å². The Morgan fingerprint density at radius 1 is 0.882 bits per heavy atom. The monoisotopic (exact) mass is 240 g/mol. The largest absolute Gasteiger partial charge is 0.325 e. The molecular weight excluding hydrogens is 212 g/mol. The van der Waals surface area contributed by atoms with Crippen molar-refractivity contribution in [3.63, 3.8) is 0 Å². The molecule has 1 saturated heterocycles. The molecule has 0 aromatic rings. The number of carbonyl (C=O) groups excluding carboxylic acids is 1. The van der Waals surface area contributed by atoms with Gasteiger partial charge in [0.25, 0.3) is 0 Å². The van der Waals surface area contributed by atoms with Crippen LogP contribution in [0.3, 0.4) is 0 Å². The fraction of sp³-hybridized carbons (Fsp3) is 0.929. The van der Waals surface area contributed by atoms with Crippen LogP contribution in [0.25, 0.3) is 0 Å². The third-order valence-corrected chi connectivity index (χ3v) is 3.46. The van der Waals surface area contributed by atoms with Crippen LogP contribution in [0, 0.1) is 0 Å². The van der Waals surface area contributed by atoms with Gasteiger partial charge in [-0.2, -0.15) is 0 Å². The molecule has 3 nitrogen and oxygen atoms in total. The van der Waals surface area contributed by atoms with Gasteiger partial charge in [0.15, 0.2) is 0 Å². The molecule has 1 fully saturated rings. The summed E-state index contributed by atoms with van der Waals surface area (Å²) in [5.41, 5.74) is 0. The van der Waals surface area contributed by atoms with Gasteiger partial charge in [-0.15, -0.1) is 0 Å². The Hall–Kier alpha value is -0.730. The summed E-state index contributed by atoms with van der Waals surface area (Å²) in [5, 5.41) is 0. The fourth-order valence-corrected chi connectivity index (χ4v) is 2.36. The molecule has 100 valence electrons. The highest BCUT2D eigenvalue weighted by atomic mass is 16.2. The second kappa shape index (κ2) is 8.37. The summed E-state index contributed by atoms with van der Waals surface area (Å²) >= 11 is 0. The zero-order chi connectivity index (χ0) is 12.5. The molecule has 0 N–H and O–H groups in total. The topological polar surface area (TPSA) is 23.6 Å². The van der Waals surface area contributed by atoms with Crippen molar-refractivity contribution in [3.05, 3.63) is 0 Å². The van der Waals surface area contributed by atoms with E-state index in [4.69, 9.17) is 0 Å².